The van der Waals surface area contributed by atoms with Crippen LogP contribution >= 0.6 is 12.2 Å². The lowest BCUT2D eigenvalue weighted by molar-refractivity contribution is -0.127. The summed E-state index contributed by atoms with van der Waals surface area (Å²) in [7, 11) is 0. The molecule has 0 heterocycles. The van der Waals surface area contributed by atoms with Crippen molar-refractivity contribution in [3.63, 3.8) is 0 Å². The summed E-state index contributed by atoms with van der Waals surface area (Å²) in [6.45, 7) is 7.80. The van der Waals surface area contributed by atoms with Crippen LogP contribution in [0, 0.1) is 5.41 Å². The number of nitrogens with two attached hydrogens (primary N) is 1. The summed E-state index contributed by atoms with van der Waals surface area (Å²) in [5, 5.41) is 2.95. The third-order valence-corrected chi connectivity index (χ3v) is 3.30. The van der Waals surface area contributed by atoms with Gasteiger partial charge in [0.05, 0.1) is 10.4 Å². The molecule has 0 aromatic rings. The summed E-state index contributed by atoms with van der Waals surface area (Å²) < 4.78 is 0. The number of amides is 1. The summed E-state index contributed by atoms with van der Waals surface area (Å²) >= 11 is 4.94. The van der Waals surface area contributed by atoms with Gasteiger partial charge in [-0.15, -0.1) is 0 Å². The Morgan fingerprint density at radius 1 is 1.53 bits per heavy atom. The van der Waals surface area contributed by atoms with Gasteiger partial charge in [0.2, 0.25) is 5.91 Å². The van der Waals surface area contributed by atoms with Crippen LogP contribution in [0.1, 0.15) is 47.0 Å². The molecular formula is C11H22N2OS. The summed E-state index contributed by atoms with van der Waals surface area (Å²) in [6.07, 6.45) is 2.66. The van der Waals surface area contributed by atoms with Crippen molar-refractivity contribution in [2.24, 2.45) is 11.1 Å². The fourth-order valence-electron chi connectivity index (χ4n) is 1.33. The molecule has 0 bridgehead atoms. The zero-order chi connectivity index (χ0) is 12.1. The molecule has 0 spiro atoms. The van der Waals surface area contributed by atoms with Gasteiger partial charge in [0.25, 0.3) is 0 Å². The first-order valence-corrected chi connectivity index (χ1v) is 5.90. The van der Waals surface area contributed by atoms with Gasteiger partial charge in [0.1, 0.15) is 0 Å². The van der Waals surface area contributed by atoms with Crippen molar-refractivity contribution in [1.29, 1.82) is 0 Å². The molecule has 0 aromatic carbocycles. The molecule has 0 aliphatic carbocycles. The average Bonchev–Trinajstić information content (AvgIpc) is 2.16. The van der Waals surface area contributed by atoms with Gasteiger partial charge in [-0.3, -0.25) is 4.79 Å². The molecule has 0 fully saturated rings. The SMILES string of the molecule is CCCC(C)NC(=O)C(C)(CC)C(N)=S. The topological polar surface area (TPSA) is 55.1 Å². The maximum Gasteiger partial charge on any atom is 0.232 e. The largest absolute Gasteiger partial charge is 0.392 e. The molecule has 3 nitrogen and oxygen atoms in total. The van der Waals surface area contributed by atoms with Gasteiger partial charge in [-0.1, -0.05) is 32.5 Å². The first-order valence-electron chi connectivity index (χ1n) is 5.49. The predicted octanol–water partition coefficient (Wildman–Crippen LogP) is 1.99. The van der Waals surface area contributed by atoms with Gasteiger partial charge < -0.3 is 11.1 Å². The highest BCUT2D eigenvalue weighted by atomic mass is 32.1. The van der Waals surface area contributed by atoms with Gasteiger partial charge in [-0.05, 0) is 26.7 Å². The van der Waals surface area contributed by atoms with Crippen LogP contribution in [-0.4, -0.2) is 16.9 Å². The number of nitrogens with one attached hydrogen (secondary N) is 1. The van der Waals surface area contributed by atoms with Crippen molar-refractivity contribution < 1.29 is 4.79 Å². The van der Waals surface area contributed by atoms with Crippen molar-refractivity contribution in [2.75, 3.05) is 0 Å². The van der Waals surface area contributed by atoms with Crippen LogP contribution in [0.5, 0.6) is 0 Å². The van der Waals surface area contributed by atoms with Gasteiger partial charge in [-0.25, -0.2) is 0 Å². The number of carbonyl (C=O) groups is 1. The molecule has 0 aromatic heterocycles. The Hall–Kier alpha value is -0.640. The second kappa shape index (κ2) is 6.05. The Kier molecular flexibility index (Phi) is 5.80. The summed E-state index contributed by atoms with van der Waals surface area (Å²) in [5.41, 5.74) is 4.89. The minimum absolute atomic E-state index is 0.0570. The van der Waals surface area contributed by atoms with E-state index in [1.54, 1.807) is 6.92 Å². The molecule has 0 aliphatic heterocycles. The van der Waals surface area contributed by atoms with Crippen molar-refractivity contribution >= 4 is 23.1 Å². The van der Waals surface area contributed by atoms with Crippen molar-refractivity contribution in [2.45, 2.75) is 53.0 Å². The van der Waals surface area contributed by atoms with E-state index in [4.69, 9.17) is 18.0 Å². The second-order valence-electron chi connectivity index (χ2n) is 4.21. The molecule has 0 radical (unpaired) electrons. The van der Waals surface area contributed by atoms with Crippen molar-refractivity contribution in [3.8, 4) is 0 Å². The fourth-order valence-corrected chi connectivity index (χ4v) is 1.57. The van der Waals surface area contributed by atoms with Crippen LogP contribution in [0.25, 0.3) is 0 Å². The maximum absolute atomic E-state index is 11.9. The molecule has 0 rings (SSSR count). The average molecular weight is 230 g/mol. The maximum atomic E-state index is 11.9. The van der Waals surface area contributed by atoms with E-state index < -0.39 is 5.41 Å². The van der Waals surface area contributed by atoms with Crippen LogP contribution in [0.3, 0.4) is 0 Å². The van der Waals surface area contributed by atoms with Gasteiger partial charge >= 0.3 is 0 Å². The Balaban J connectivity index is 4.47. The molecule has 2 atom stereocenters. The molecule has 0 aliphatic rings. The number of hydrogen-bond donors (Lipinski definition) is 2. The Labute approximate surface area is 97.8 Å². The molecule has 1 amide bonds. The lowest BCUT2D eigenvalue weighted by Gasteiger charge is -2.27. The smallest absolute Gasteiger partial charge is 0.232 e. The lowest BCUT2D eigenvalue weighted by Crippen LogP contribution is -2.49. The van der Waals surface area contributed by atoms with Gasteiger partial charge in [-0.2, -0.15) is 0 Å². The van der Waals surface area contributed by atoms with Crippen LogP contribution in [0.15, 0.2) is 0 Å². The van der Waals surface area contributed by atoms with Crippen LogP contribution in [0.4, 0.5) is 0 Å². The number of thiocarbonyl (C=S) groups is 1. The predicted molar refractivity (Wildman–Crippen MR) is 67.7 cm³/mol. The molecular weight excluding hydrogens is 208 g/mol. The molecule has 0 saturated heterocycles. The molecule has 3 N–H and O–H groups in total. The minimum Gasteiger partial charge on any atom is -0.392 e. The van der Waals surface area contributed by atoms with E-state index in [2.05, 4.69) is 12.2 Å². The summed E-state index contributed by atoms with van der Waals surface area (Å²) in [4.78, 5) is 12.2. The minimum atomic E-state index is -0.711. The van der Waals surface area contributed by atoms with E-state index in [-0.39, 0.29) is 16.9 Å². The highest BCUT2D eigenvalue weighted by molar-refractivity contribution is 7.80. The van der Waals surface area contributed by atoms with E-state index in [0.29, 0.717) is 6.42 Å². The molecule has 0 saturated carbocycles. The normalized spacial score (nSPS) is 16.5. The quantitative estimate of drug-likeness (QED) is 0.686. The van der Waals surface area contributed by atoms with Crippen molar-refractivity contribution in [1.82, 2.24) is 5.32 Å². The van der Waals surface area contributed by atoms with Crippen LogP contribution < -0.4 is 11.1 Å². The monoisotopic (exact) mass is 230 g/mol. The first kappa shape index (κ1) is 14.4. The lowest BCUT2D eigenvalue weighted by atomic mass is 9.86. The highest BCUT2D eigenvalue weighted by Crippen LogP contribution is 2.22. The van der Waals surface area contributed by atoms with Crippen LogP contribution in [0.2, 0.25) is 0 Å². The molecule has 2 unspecified atom stereocenters. The van der Waals surface area contributed by atoms with Crippen LogP contribution in [-0.2, 0) is 4.79 Å². The zero-order valence-electron chi connectivity index (χ0n) is 10.1. The van der Waals surface area contributed by atoms with Crippen molar-refractivity contribution in [3.05, 3.63) is 0 Å². The van der Waals surface area contributed by atoms with Gasteiger partial charge in [0, 0.05) is 6.04 Å². The second-order valence-corrected chi connectivity index (χ2v) is 4.65. The summed E-state index contributed by atoms with van der Waals surface area (Å²) in [6, 6.07) is 0.183. The van der Waals surface area contributed by atoms with Gasteiger partial charge in [0.15, 0.2) is 0 Å². The first-order chi connectivity index (χ1) is 6.88. The molecule has 4 heteroatoms. The Bertz CT molecular complexity index is 243. The van der Waals surface area contributed by atoms with E-state index in [1.165, 1.54) is 0 Å². The standard InChI is InChI=1S/C11H22N2OS/c1-5-7-8(3)13-10(14)11(4,6-2)9(12)15/h8H,5-7H2,1-4H3,(H2,12,15)(H,13,14). The Morgan fingerprint density at radius 3 is 2.40 bits per heavy atom. The number of carbonyl (C=O) groups excluding carboxylic acids is 1. The van der Waals surface area contributed by atoms with E-state index in [0.717, 1.165) is 12.8 Å². The third-order valence-electron chi connectivity index (χ3n) is 2.85. The fraction of sp³-hybridized carbons (Fsp3) is 0.818. The van der Waals surface area contributed by atoms with E-state index >= 15 is 0 Å². The number of rotatable bonds is 6. The Morgan fingerprint density at radius 2 is 2.07 bits per heavy atom. The number of hydrogen-bond acceptors (Lipinski definition) is 2. The zero-order valence-corrected chi connectivity index (χ0v) is 10.9. The van der Waals surface area contributed by atoms with E-state index in [1.807, 2.05) is 13.8 Å². The molecule has 15 heavy (non-hydrogen) atoms. The molecule has 88 valence electrons. The summed E-state index contributed by atoms with van der Waals surface area (Å²) in [5.74, 6) is -0.0570. The third kappa shape index (κ3) is 3.78. The highest BCUT2D eigenvalue weighted by Gasteiger charge is 2.34. The van der Waals surface area contributed by atoms with E-state index in [9.17, 15) is 4.79 Å².